The monoisotopic (exact) mass is 242 g/mol. The maximum absolute atomic E-state index is 5.47. The number of nitrogens with one attached hydrogen (secondary N) is 2. The largest absolute Gasteiger partial charge is 0.353 e. The molecule has 16 heavy (non-hydrogen) atoms. The van der Waals surface area contributed by atoms with Gasteiger partial charge in [-0.2, -0.15) is 11.8 Å². The Morgan fingerprint density at radius 1 is 1.38 bits per heavy atom. The number of rotatable bonds is 4. The van der Waals surface area contributed by atoms with E-state index in [0.717, 1.165) is 11.2 Å². The average molecular weight is 242 g/mol. The summed E-state index contributed by atoms with van der Waals surface area (Å²) in [5.74, 6) is 7.48. The van der Waals surface area contributed by atoms with Crippen molar-refractivity contribution >= 4 is 17.7 Å². The maximum atomic E-state index is 5.47. The Kier molecular flexibility index (Phi) is 4.35. The van der Waals surface area contributed by atoms with Crippen LogP contribution in [0.15, 0.2) is 4.99 Å². The van der Waals surface area contributed by atoms with Gasteiger partial charge in [-0.05, 0) is 37.9 Å². The summed E-state index contributed by atoms with van der Waals surface area (Å²) in [7, 11) is 0. The molecule has 2 rings (SSSR count). The van der Waals surface area contributed by atoms with E-state index in [1.807, 2.05) is 0 Å². The average Bonchev–Trinajstić information content (AvgIpc) is 2.99. The van der Waals surface area contributed by atoms with Gasteiger partial charge in [0.25, 0.3) is 0 Å². The van der Waals surface area contributed by atoms with Crippen molar-refractivity contribution < 1.29 is 0 Å². The van der Waals surface area contributed by atoms with Gasteiger partial charge in [-0.3, -0.25) is 5.43 Å². The predicted octanol–water partition coefficient (Wildman–Crippen LogP) is 1.23. The third-order valence-corrected chi connectivity index (χ3v) is 4.36. The first-order chi connectivity index (χ1) is 7.81. The fourth-order valence-electron chi connectivity index (χ4n) is 2.15. The van der Waals surface area contributed by atoms with Crippen molar-refractivity contribution in [3.05, 3.63) is 0 Å². The van der Waals surface area contributed by atoms with E-state index >= 15 is 0 Å². The summed E-state index contributed by atoms with van der Waals surface area (Å²) in [4.78, 5) is 4.50. The first-order valence-corrected chi connectivity index (χ1v) is 7.29. The Morgan fingerprint density at radius 2 is 2.19 bits per heavy atom. The molecular weight excluding hydrogens is 220 g/mol. The van der Waals surface area contributed by atoms with Gasteiger partial charge >= 0.3 is 0 Å². The highest BCUT2D eigenvalue weighted by Crippen LogP contribution is 2.29. The lowest BCUT2D eigenvalue weighted by Crippen LogP contribution is -2.46. The van der Waals surface area contributed by atoms with E-state index in [9.17, 15) is 0 Å². The molecule has 2 atom stereocenters. The zero-order valence-corrected chi connectivity index (χ0v) is 10.7. The third-order valence-electron chi connectivity index (χ3n) is 3.12. The molecule has 0 aromatic carbocycles. The molecule has 4 N–H and O–H groups in total. The van der Waals surface area contributed by atoms with Crippen molar-refractivity contribution in [3.8, 4) is 0 Å². The van der Waals surface area contributed by atoms with Crippen LogP contribution < -0.4 is 16.6 Å². The number of aliphatic imine (C=N–C) groups is 1. The van der Waals surface area contributed by atoms with Crippen molar-refractivity contribution in [3.63, 3.8) is 0 Å². The highest BCUT2D eigenvalue weighted by molar-refractivity contribution is 7.99. The zero-order valence-electron chi connectivity index (χ0n) is 9.91. The van der Waals surface area contributed by atoms with Crippen molar-refractivity contribution in [2.45, 2.75) is 56.4 Å². The van der Waals surface area contributed by atoms with Crippen molar-refractivity contribution in [1.29, 1.82) is 0 Å². The highest BCUT2D eigenvalue weighted by atomic mass is 32.2. The molecule has 0 aromatic heterocycles. The van der Waals surface area contributed by atoms with Crippen LogP contribution in [0.1, 0.15) is 39.0 Å². The van der Waals surface area contributed by atoms with Crippen LogP contribution in [0, 0.1) is 0 Å². The van der Waals surface area contributed by atoms with Gasteiger partial charge in [0.05, 0.1) is 6.04 Å². The smallest absolute Gasteiger partial charge is 0.206 e. The minimum Gasteiger partial charge on any atom is -0.353 e. The predicted molar refractivity (Wildman–Crippen MR) is 70.5 cm³/mol. The van der Waals surface area contributed by atoms with Gasteiger partial charge in [-0.25, -0.2) is 10.8 Å². The number of nitrogens with two attached hydrogens (primary N) is 1. The first-order valence-electron chi connectivity index (χ1n) is 6.24. The van der Waals surface area contributed by atoms with Gasteiger partial charge in [0.1, 0.15) is 0 Å². The molecule has 2 aliphatic rings. The van der Waals surface area contributed by atoms with Crippen molar-refractivity contribution in [2.24, 2.45) is 10.8 Å². The molecular formula is C11H22N4S. The molecule has 0 amide bonds. The number of hydrazine groups is 1. The fourth-order valence-corrected chi connectivity index (χ4v) is 3.30. The fraction of sp³-hybridized carbons (Fsp3) is 0.909. The van der Waals surface area contributed by atoms with Gasteiger partial charge in [-0.15, -0.1) is 0 Å². The van der Waals surface area contributed by atoms with E-state index < -0.39 is 0 Å². The van der Waals surface area contributed by atoms with Gasteiger partial charge in [0.2, 0.25) is 5.96 Å². The molecule has 0 spiro atoms. The molecule has 2 unspecified atom stereocenters. The van der Waals surface area contributed by atoms with E-state index in [0.29, 0.717) is 12.1 Å². The zero-order chi connectivity index (χ0) is 11.4. The Morgan fingerprint density at radius 3 is 2.81 bits per heavy atom. The molecule has 0 radical (unpaired) electrons. The summed E-state index contributed by atoms with van der Waals surface area (Å²) in [5, 5.41) is 4.25. The Balaban J connectivity index is 1.76. The van der Waals surface area contributed by atoms with Gasteiger partial charge in [-0.1, -0.05) is 6.92 Å². The van der Waals surface area contributed by atoms with Gasteiger partial charge in [0.15, 0.2) is 0 Å². The minimum atomic E-state index is 0.515. The van der Waals surface area contributed by atoms with Crippen LogP contribution >= 0.6 is 11.8 Å². The number of nitrogens with zero attached hydrogens (tertiary/aromatic N) is 1. The second-order valence-electron chi connectivity index (χ2n) is 4.58. The van der Waals surface area contributed by atoms with Crippen LogP contribution in [0.5, 0.6) is 0 Å². The first kappa shape index (κ1) is 12.0. The van der Waals surface area contributed by atoms with E-state index in [4.69, 9.17) is 5.84 Å². The quantitative estimate of drug-likeness (QED) is 0.300. The molecule has 0 aliphatic heterocycles. The van der Waals surface area contributed by atoms with E-state index in [1.165, 1.54) is 37.9 Å². The SMILES string of the molecule is CCSC1CCC(NC(=NC2CC2)NN)C1. The Labute approximate surface area is 102 Å². The lowest BCUT2D eigenvalue weighted by atomic mass is 10.2. The summed E-state index contributed by atoms with van der Waals surface area (Å²) in [6.07, 6.45) is 6.22. The van der Waals surface area contributed by atoms with Crippen LogP contribution in [0.2, 0.25) is 0 Å². The van der Waals surface area contributed by atoms with Crippen LogP contribution in [-0.4, -0.2) is 29.0 Å². The molecule has 5 heteroatoms. The summed E-state index contributed by atoms with van der Waals surface area (Å²) in [6.45, 7) is 2.23. The lowest BCUT2D eigenvalue weighted by molar-refractivity contribution is 0.615. The molecule has 2 fully saturated rings. The van der Waals surface area contributed by atoms with E-state index in [1.54, 1.807) is 0 Å². The molecule has 4 nitrogen and oxygen atoms in total. The van der Waals surface area contributed by atoms with Gasteiger partial charge < -0.3 is 5.32 Å². The summed E-state index contributed by atoms with van der Waals surface area (Å²) in [5.41, 5.74) is 2.68. The highest BCUT2D eigenvalue weighted by Gasteiger charge is 2.26. The van der Waals surface area contributed by atoms with Crippen molar-refractivity contribution in [2.75, 3.05) is 5.75 Å². The van der Waals surface area contributed by atoms with Crippen LogP contribution in [0.4, 0.5) is 0 Å². The second-order valence-corrected chi connectivity index (χ2v) is 6.16. The summed E-state index contributed by atoms with van der Waals surface area (Å²) >= 11 is 2.07. The standard InChI is InChI=1S/C11H22N4S/c1-2-16-10-6-5-9(7-10)14-11(15-12)13-8-3-4-8/h8-10H,2-7,12H2,1H3,(H2,13,14,15). The number of hydrogen-bond donors (Lipinski definition) is 3. The molecule has 0 saturated heterocycles. The normalized spacial score (nSPS) is 30.5. The number of guanidine groups is 1. The van der Waals surface area contributed by atoms with Crippen LogP contribution in [0.3, 0.4) is 0 Å². The molecule has 92 valence electrons. The maximum Gasteiger partial charge on any atom is 0.206 e. The van der Waals surface area contributed by atoms with E-state index in [2.05, 4.69) is 34.4 Å². The molecule has 0 bridgehead atoms. The van der Waals surface area contributed by atoms with Gasteiger partial charge in [0, 0.05) is 11.3 Å². The number of hydrogen-bond acceptors (Lipinski definition) is 3. The molecule has 2 saturated carbocycles. The molecule has 0 aromatic rings. The van der Waals surface area contributed by atoms with Crippen LogP contribution in [0.25, 0.3) is 0 Å². The summed E-state index contributed by atoms with van der Waals surface area (Å²) in [6, 6.07) is 1.07. The summed E-state index contributed by atoms with van der Waals surface area (Å²) < 4.78 is 0. The number of thioether (sulfide) groups is 1. The van der Waals surface area contributed by atoms with Crippen LogP contribution in [-0.2, 0) is 0 Å². The van der Waals surface area contributed by atoms with Crippen molar-refractivity contribution in [1.82, 2.24) is 10.7 Å². The minimum absolute atomic E-state index is 0.515. The lowest BCUT2D eigenvalue weighted by Gasteiger charge is -2.15. The second kappa shape index (κ2) is 5.77. The third kappa shape index (κ3) is 3.56. The van der Waals surface area contributed by atoms with E-state index in [-0.39, 0.29) is 0 Å². The Bertz CT molecular complexity index is 252. The Hall–Kier alpha value is -0.420. The molecule has 0 heterocycles. The molecule has 2 aliphatic carbocycles. The topological polar surface area (TPSA) is 62.4 Å².